The molecule has 20 heavy (non-hydrogen) atoms. The molecule has 1 aromatic rings. The normalized spacial score (nSPS) is 13.4. The molecular formula is C17H28FNO. The lowest BCUT2D eigenvalue weighted by Gasteiger charge is -2.25. The second-order valence-electron chi connectivity index (χ2n) is 6.28. The zero-order valence-electron chi connectivity index (χ0n) is 13.2. The van der Waals surface area contributed by atoms with Crippen LogP contribution in [0, 0.1) is 5.82 Å². The molecule has 0 bridgehead atoms. The lowest BCUT2D eigenvalue weighted by atomic mass is 9.94. The maximum absolute atomic E-state index is 13.4. The van der Waals surface area contributed by atoms with Gasteiger partial charge in [0.1, 0.15) is 5.82 Å². The van der Waals surface area contributed by atoms with E-state index in [0.29, 0.717) is 0 Å². The summed E-state index contributed by atoms with van der Waals surface area (Å²) in [4.78, 5) is 0. The third kappa shape index (κ3) is 7.01. The first-order valence-electron chi connectivity index (χ1n) is 7.50. The Bertz CT molecular complexity index is 387. The number of hydrogen-bond donors (Lipinski definition) is 1. The van der Waals surface area contributed by atoms with Crippen LogP contribution < -0.4 is 5.32 Å². The van der Waals surface area contributed by atoms with Gasteiger partial charge in [-0.15, -0.1) is 0 Å². The molecule has 0 heterocycles. The molecule has 0 aliphatic rings. The molecule has 3 heteroatoms. The van der Waals surface area contributed by atoms with E-state index in [1.807, 2.05) is 6.07 Å². The molecule has 1 rings (SSSR count). The van der Waals surface area contributed by atoms with Gasteiger partial charge in [0.15, 0.2) is 0 Å². The van der Waals surface area contributed by atoms with Gasteiger partial charge in [0.25, 0.3) is 0 Å². The second kappa shape index (κ2) is 8.38. The Labute approximate surface area is 122 Å². The van der Waals surface area contributed by atoms with E-state index in [-0.39, 0.29) is 17.3 Å². The first kappa shape index (κ1) is 17.1. The molecule has 0 fully saturated rings. The zero-order chi connectivity index (χ0) is 15.0. The summed E-state index contributed by atoms with van der Waals surface area (Å²) in [6.07, 6.45) is 1.94. The first-order chi connectivity index (χ1) is 9.42. The molecule has 0 radical (unpaired) electrons. The summed E-state index contributed by atoms with van der Waals surface area (Å²) in [7, 11) is 0. The Kier molecular flexibility index (Phi) is 7.17. The molecule has 1 N–H and O–H groups in total. The largest absolute Gasteiger partial charge is 0.381 e. The van der Waals surface area contributed by atoms with E-state index in [1.54, 1.807) is 12.1 Å². The van der Waals surface area contributed by atoms with Crippen molar-refractivity contribution in [1.82, 2.24) is 5.32 Å². The van der Waals surface area contributed by atoms with Crippen molar-refractivity contribution in [2.45, 2.75) is 52.0 Å². The van der Waals surface area contributed by atoms with Crippen LogP contribution in [0.1, 0.15) is 52.0 Å². The minimum atomic E-state index is -0.169. The standard InChI is InChI=1S/C17H28FNO/c1-5-10-20-11-9-15(13-19-17(2,3)4)14-7-6-8-16(18)12-14/h6-8,12,15,19H,5,9-11,13H2,1-4H3. The number of benzene rings is 1. The van der Waals surface area contributed by atoms with Crippen molar-refractivity contribution in [3.05, 3.63) is 35.6 Å². The highest BCUT2D eigenvalue weighted by atomic mass is 19.1. The van der Waals surface area contributed by atoms with Crippen LogP contribution in [0.3, 0.4) is 0 Å². The average Bonchev–Trinajstić information content (AvgIpc) is 2.36. The van der Waals surface area contributed by atoms with Gasteiger partial charge < -0.3 is 10.1 Å². The summed E-state index contributed by atoms with van der Waals surface area (Å²) in [5.74, 6) is 0.111. The molecule has 0 amide bonds. The predicted octanol–water partition coefficient (Wildman–Crippen LogP) is 4.11. The van der Waals surface area contributed by atoms with Crippen LogP contribution in [-0.4, -0.2) is 25.3 Å². The van der Waals surface area contributed by atoms with Gasteiger partial charge in [0, 0.05) is 25.3 Å². The van der Waals surface area contributed by atoms with Crippen molar-refractivity contribution >= 4 is 0 Å². The summed E-state index contributed by atoms with van der Waals surface area (Å²) >= 11 is 0. The molecule has 0 saturated carbocycles. The van der Waals surface area contributed by atoms with Gasteiger partial charge in [0.05, 0.1) is 0 Å². The molecule has 0 aliphatic carbocycles. The number of rotatable bonds is 8. The van der Waals surface area contributed by atoms with E-state index in [0.717, 1.165) is 38.2 Å². The van der Waals surface area contributed by atoms with Gasteiger partial charge in [-0.25, -0.2) is 4.39 Å². The third-order valence-electron chi connectivity index (χ3n) is 3.16. The smallest absolute Gasteiger partial charge is 0.123 e. The number of hydrogen-bond acceptors (Lipinski definition) is 2. The topological polar surface area (TPSA) is 21.3 Å². The van der Waals surface area contributed by atoms with Gasteiger partial charge in [-0.05, 0) is 57.2 Å². The van der Waals surface area contributed by atoms with Crippen LogP contribution in [0.2, 0.25) is 0 Å². The number of ether oxygens (including phenoxy) is 1. The van der Waals surface area contributed by atoms with E-state index in [2.05, 4.69) is 33.0 Å². The van der Waals surface area contributed by atoms with Crippen molar-refractivity contribution in [1.29, 1.82) is 0 Å². The van der Waals surface area contributed by atoms with E-state index in [9.17, 15) is 4.39 Å². The predicted molar refractivity (Wildman–Crippen MR) is 82.6 cm³/mol. The second-order valence-corrected chi connectivity index (χ2v) is 6.28. The highest BCUT2D eigenvalue weighted by Gasteiger charge is 2.16. The number of nitrogens with one attached hydrogen (secondary N) is 1. The van der Waals surface area contributed by atoms with Gasteiger partial charge in [-0.2, -0.15) is 0 Å². The molecule has 0 saturated heterocycles. The Hall–Kier alpha value is -0.930. The maximum atomic E-state index is 13.4. The highest BCUT2D eigenvalue weighted by Crippen LogP contribution is 2.21. The summed E-state index contributed by atoms with van der Waals surface area (Å²) in [6, 6.07) is 6.90. The monoisotopic (exact) mass is 281 g/mol. The summed E-state index contributed by atoms with van der Waals surface area (Å²) in [6.45, 7) is 10.9. The van der Waals surface area contributed by atoms with Gasteiger partial charge >= 0.3 is 0 Å². The molecular weight excluding hydrogens is 253 g/mol. The molecule has 2 nitrogen and oxygen atoms in total. The molecule has 1 unspecified atom stereocenters. The SMILES string of the molecule is CCCOCCC(CNC(C)(C)C)c1cccc(F)c1. The van der Waals surface area contributed by atoms with Crippen molar-refractivity contribution in [2.24, 2.45) is 0 Å². The Balaban J connectivity index is 2.63. The lowest BCUT2D eigenvalue weighted by molar-refractivity contribution is 0.126. The van der Waals surface area contributed by atoms with Gasteiger partial charge in [-0.3, -0.25) is 0 Å². The van der Waals surface area contributed by atoms with Crippen LogP contribution in [0.25, 0.3) is 0 Å². The third-order valence-corrected chi connectivity index (χ3v) is 3.16. The fraction of sp³-hybridized carbons (Fsp3) is 0.647. The Morgan fingerprint density at radius 3 is 2.60 bits per heavy atom. The highest BCUT2D eigenvalue weighted by molar-refractivity contribution is 5.21. The van der Waals surface area contributed by atoms with E-state index in [4.69, 9.17) is 4.74 Å². The molecule has 0 spiro atoms. The molecule has 1 aromatic carbocycles. The van der Waals surface area contributed by atoms with Crippen LogP contribution in [0.5, 0.6) is 0 Å². The van der Waals surface area contributed by atoms with Crippen LogP contribution >= 0.6 is 0 Å². The van der Waals surface area contributed by atoms with Crippen molar-refractivity contribution in [3.63, 3.8) is 0 Å². The summed E-state index contributed by atoms with van der Waals surface area (Å²) in [5, 5.41) is 3.50. The molecule has 1 atom stereocenters. The fourth-order valence-corrected chi connectivity index (χ4v) is 2.05. The zero-order valence-corrected chi connectivity index (χ0v) is 13.2. The van der Waals surface area contributed by atoms with Crippen LogP contribution in [0.4, 0.5) is 4.39 Å². The Morgan fingerprint density at radius 1 is 1.25 bits per heavy atom. The molecule has 0 aromatic heterocycles. The van der Waals surface area contributed by atoms with Crippen LogP contribution in [-0.2, 0) is 4.74 Å². The van der Waals surface area contributed by atoms with E-state index >= 15 is 0 Å². The maximum Gasteiger partial charge on any atom is 0.123 e. The van der Waals surface area contributed by atoms with Gasteiger partial charge in [-0.1, -0.05) is 19.1 Å². The Morgan fingerprint density at radius 2 is 2.00 bits per heavy atom. The first-order valence-corrected chi connectivity index (χ1v) is 7.50. The summed E-state index contributed by atoms with van der Waals surface area (Å²) in [5.41, 5.74) is 1.11. The molecule has 0 aliphatic heterocycles. The quantitative estimate of drug-likeness (QED) is 0.724. The minimum Gasteiger partial charge on any atom is -0.381 e. The van der Waals surface area contributed by atoms with Crippen molar-refractivity contribution in [3.8, 4) is 0 Å². The minimum absolute atomic E-state index is 0.0653. The number of halogens is 1. The lowest BCUT2D eigenvalue weighted by Crippen LogP contribution is -2.38. The van der Waals surface area contributed by atoms with E-state index < -0.39 is 0 Å². The van der Waals surface area contributed by atoms with Gasteiger partial charge in [0.2, 0.25) is 0 Å². The average molecular weight is 281 g/mol. The van der Waals surface area contributed by atoms with Crippen molar-refractivity contribution in [2.75, 3.05) is 19.8 Å². The van der Waals surface area contributed by atoms with E-state index in [1.165, 1.54) is 6.07 Å². The fourth-order valence-electron chi connectivity index (χ4n) is 2.05. The van der Waals surface area contributed by atoms with Crippen molar-refractivity contribution < 1.29 is 9.13 Å². The van der Waals surface area contributed by atoms with Crippen LogP contribution in [0.15, 0.2) is 24.3 Å². The summed E-state index contributed by atoms with van der Waals surface area (Å²) < 4.78 is 19.0. The molecule has 114 valence electrons.